The minimum atomic E-state index is -1.22. The average Bonchev–Trinajstić information content (AvgIpc) is 3.62. The molecule has 10 heteroatoms. The van der Waals surface area contributed by atoms with E-state index in [1.165, 1.54) is 4.57 Å². The first-order valence-electron chi connectivity index (χ1n) is 12.2. The predicted octanol–water partition coefficient (Wildman–Crippen LogP) is 3.71. The van der Waals surface area contributed by atoms with Crippen molar-refractivity contribution >= 4 is 10.9 Å². The molecule has 3 atom stereocenters. The molecule has 7 rings (SSSR count). The van der Waals surface area contributed by atoms with Gasteiger partial charge in [-0.05, 0) is 43.3 Å². The molecule has 0 amide bonds. The molecule has 2 aromatic carbocycles. The second-order valence-corrected chi connectivity index (χ2v) is 9.91. The molecule has 38 heavy (non-hydrogen) atoms. The number of aliphatic hydroxyl groups excluding tert-OH is 1. The van der Waals surface area contributed by atoms with Gasteiger partial charge >= 0.3 is 0 Å². The Bertz CT molecular complexity index is 1680. The zero-order valence-electron chi connectivity index (χ0n) is 20.3. The Hall–Kier alpha value is -4.46. The quantitative estimate of drug-likeness (QED) is 0.364. The van der Waals surface area contributed by atoms with Crippen LogP contribution in [0.25, 0.3) is 16.6 Å². The lowest BCUT2D eigenvalue weighted by atomic mass is 9.76. The van der Waals surface area contributed by atoms with Gasteiger partial charge in [-0.3, -0.25) is 9.55 Å². The van der Waals surface area contributed by atoms with Gasteiger partial charge in [0.05, 0.1) is 40.6 Å². The molecular weight excluding hydrogens is 490 g/mol. The molecule has 2 aromatic heterocycles. The van der Waals surface area contributed by atoms with Crippen molar-refractivity contribution in [2.75, 3.05) is 13.4 Å². The second kappa shape index (κ2) is 7.77. The molecule has 1 fully saturated rings. The smallest absolute Gasteiger partial charge is 0.231 e. The van der Waals surface area contributed by atoms with Crippen molar-refractivity contribution in [3.05, 3.63) is 65.4 Å². The summed E-state index contributed by atoms with van der Waals surface area (Å²) in [5.74, 6) is 1.43. The van der Waals surface area contributed by atoms with Gasteiger partial charge in [-0.25, -0.2) is 0 Å². The van der Waals surface area contributed by atoms with E-state index in [1.54, 1.807) is 55.6 Å². The summed E-state index contributed by atoms with van der Waals surface area (Å²) in [5, 5.41) is 44.1. The standard InChI is InChI=1S/C28H23N3O7/c1-27-21(32)12-28(38-27,8-10-35-16-5-7-19-20(11-16)37-14-36-19)23-22(27)25(33)31(26(23)34)18-6-4-15(13-29)24-17(18)3-2-9-30-24/h2-7,9,11,21,32-34H,8,10,12,14H2,1H3/t21-,27-,28+/m1/s1. The number of ether oxygens (including phenoxy) is 4. The van der Waals surface area contributed by atoms with Gasteiger partial charge in [0.2, 0.25) is 18.6 Å². The third-order valence-corrected chi connectivity index (χ3v) is 7.87. The highest BCUT2D eigenvalue weighted by molar-refractivity contribution is 5.92. The highest BCUT2D eigenvalue weighted by Crippen LogP contribution is 2.65. The van der Waals surface area contributed by atoms with Crippen molar-refractivity contribution in [1.82, 2.24) is 9.55 Å². The third-order valence-electron chi connectivity index (χ3n) is 7.87. The molecule has 0 radical (unpaired) electrons. The number of nitrogens with zero attached hydrogens (tertiary/aromatic N) is 3. The summed E-state index contributed by atoms with van der Waals surface area (Å²) >= 11 is 0. The van der Waals surface area contributed by atoms with Gasteiger partial charge < -0.3 is 34.3 Å². The van der Waals surface area contributed by atoms with Crippen molar-refractivity contribution in [3.63, 3.8) is 0 Å². The van der Waals surface area contributed by atoms with Gasteiger partial charge in [-0.2, -0.15) is 5.26 Å². The van der Waals surface area contributed by atoms with Crippen LogP contribution in [0.2, 0.25) is 0 Å². The molecule has 4 aromatic rings. The van der Waals surface area contributed by atoms with E-state index in [-0.39, 0.29) is 31.6 Å². The van der Waals surface area contributed by atoms with E-state index >= 15 is 0 Å². The normalized spacial score (nSPS) is 24.5. The summed E-state index contributed by atoms with van der Waals surface area (Å²) in [6.07, 6.45) is 1.23. The van der Waals surface area contributed by atoms with Crippen LogP contribution in [0.3, 0.4) is 0 Å². The van der Waals surface area contributed by atoms with Gasteiger partial charge in [0.15, 0.2) is 11.5 Å². The van der Waals surface area contributed by atoms with Gasteiger partial charge in [0.25, 0.3) is 0 Å². The minimum absolute atomic E-state index is 0.166. The Balaban J connectivity index is 1.29. The Morgan fingerprint density at radius 3 is 2.79 bits per heavy atom. The number of benzene rings is 2. The second-order valence-electron chi connectivity index (χ2n) is 9.91. The number of hydrogen-bond donors (Lipinski definition) is 3. The van der Waals surface area contributed by atoms with Crippen LogP contribution in [-0.4, -0.2) is 44.4 Å². The fourth-order valence-corrected chi connectivity index (χ4v) is 6.09. The monoisotopic (exact) mass is 513 g/mol. The molecule has 0 unspecified atom stereocenters. The van der Waals surface area contributed by atoms with Crippen LogP contribution in [0.1, 0.15) is 36.5 Å². The van der Waals surface area contributed by atoms with Crippen LogP contribution in [-0.2, 0) is 15.9 Å². The molecule has 192 valence electrons. The number of aliphatic hydroxyl groups is 1. The lowest BCUT2D eigenvalue weighted by Gasteiger charge is -2.26. The lowest BCUT2D eigenvalue weighted by molar-refractivity contribution is -0.107. The number of nitriles is 1. The van der Waals surface area contributed by atoms with E-state index in [2.05, 4.69) is 11.1 Å². The largest absolute Gasteiger partial charge is 0.494 e. The highest BCUT2D eigenvalue weighted by atomic mass is 16.7. The zero-order chi connectivity index (χ0) is 26.2. The molecule has 3 aliphatic rings. The number of aromatic nitrogens is 2. The van der Waals surface area contributed by atoms with E-state index in [0.29, 0.717) is 57.0 Å². The lowest BCUT2D eigenvalue weighted by Crippen LogP contribution is -2.33. The van der Waals surface area contributed by atoms with Crippen LogP contribution in [0, 0.1) is 11.3 Å². The van der Waals surface area contributed by atoms with Crippen LogP contribution in [0.15, 0.2) is 48.7 Å². The van der Waals surface area contributed by atoms with Crippen molar-refractivity contribution in [2.45, 2.75) is 37.1 Å². The van der Waals surface area contributed by atoms with Gasteiger partial charge in [-0.15, -0.1) is 0 Å². The topological polar surface area (TPSA) is 139 Å². The predicted molar refractivity (Wildman–Crippen MR) is 133 cm³/mol. The maximum atomic E-state index is 11.6. The minimum Gasteiger partial charge on any atom is -0.494 e. The zero-order valence-corrected chi connectivity index (χ0v) is 20.3. The first-order chi connectivity index (χ1) is 18.4. The van der Waals surface area contributed by atoms with Crippen LogP contribution < -0.4 is 14.2 Å². The summed E-state index contributed by atoms with van der Waals surface area (Å²) < 4.78 is 24.5. The number of aromatic hydroxyl groups is 2. The van der Waals surface area contributed by atoms with Crippen molar-refractivity contribution < 1.29 is 34.3 Å². The van der Waals surface area contributed by atoms with E-state index in [9.17, 15) is 20.6 Å². The number of hydrogen-bond acceptors (Lipinski definition) is 9. The van der Waals surface area contributed by atoms with E-state index < -0.39 is 17.3 Å². The molecule has 3 aliphatic heterocycles. The average molecular weight is 514 g/mol. The maximum Gasteiger partial charge on any atom is 0.231 e. The maximum absolute atomic E-state index is 11.6. The summed E-state index contributed by atoms with van der Waals surface area (Å²) in [6, 6.07) is 14.2. The summed E-state index contributed by atoms with van der Waals surface area (Å²) in [6.45, 7) is 2.10. The van der Waals surface area contributed by atoms with Crippen molar-refractivity contribution in [2.24, 2.45) is 0 Å². The Kier molecular flexibility index (Phi) is 4.65. The van der Waals surface area contributed by atoms with E-state index in [0.717, 1.165) is 0 Å². The molecule has 2 bridgehead atoms. The molecule has 1 saturated heterocycles. The SMILES string of the molecule is C[C@@]12O[C@@](CCOc3ccc4c(c3)OCO4)(C[C@H]1O)c1c2c(O)n(-c2ccc(C#N)c3ncccc23)c1O. The molecule has 0 spiro atoms. The highest BCUT2D eigenvalue weighted by Gasteiger charge is 2.66. The van der Waals surface area contributed by atoms with E-state index in [4.69, 9.17) is 18.9 Å². The Morgan fingerprint density at radius 2 is 1.95 bits per heavy atom. The Morgan fingerprint density at radius 1 is 1.13 bits per heavy atom. The fourth-order valence-electron chi connectivity index (χ4n) is 6.09. The van der Waals surface area contributed by atoms with Crippen LogP contribution in [0.5, 0.6) is 29.0 Å². The molecule has 5 heterocycles. The van der Waals surface area contributed by atoms with Crippen molar-refractivity contribution in [3.8, 4) is 40.8 Å². The van der Waals surface area contributed by atoms with Gasteiger partial charge in [-0.1, -0.05) is 0 Å². The summed E-state index contributed by atoms with van der Waals surface area (Å²) in [5.41, 5.74) is -0.227. The molecule has 0 saturated carbocycles. The van der Waals surface area contributed by atoms with Gasteiger partial charge in [0.1, 0.15) is 23.0 Å². The first kappa shape index (κ1) is 22.7. The Labute approximate surface area is 216 Å². The number of pyridine rings is 1. The summed E-state index contributed by atoms with van der Waals surface area (Å²) in [4.78, 5) is 4.34. The van der Waals surface area contributed by atoms with Crippen LogP contribution >= 0.6 is 0 Å². The van der Waals surface area contributed by atoms with Crippen molar-refractivity contribution in [1.29, 1.82) is 5.26 Å². The molecule has 10 nitrogen and oxygen atoms in total. The molecule has 3 N–H and O–H groups in total. The third kappa shape index (κ3) is 2.91. The van der Waals surface area contributed by atoms with Gasteiger partial charge in [0, 0.05) is 30.5 Å². The van der Waals surface area contributed by atoms with Crippen LogP contribution in [0.4, 0.5) is 0 Å². The number of fused-ring (bicyclic) bond motifs is 7. The number of rotatable bonds is 5. The fraction of sp³-hybridized carbons (Fsp3) is 0.286. The molecular formula is C28H23N3O7. The first-order valence-corrected chi connectivity index (χ1v) is 12.2. The molecule has 0 aliphatic carbocycles. The van der Waals surface area contributed by atoms with E-state index in [1.807, 2.05) is 0 Å². The summed E-state index contributed by atoms with van der Waals surface area (Å²) in [7, 11) is 0.